The second-order valence-corrected chi connectivity index (χ2v) is 4.84. The summed E-state index contributed by atoms with van der Waals surface area (Å²) in [6.45, 7) is 9.05. The van der Waals surface area contributed by atoms with Gasteiger partial charge in [0.05, 0.1) is 0 Å². The number of pyridine rings is 1. The molecule has 2 rings (SSSR count). The molecule has 0 amide bonds. The van der Waals surface area contributed by atoms with Gasteiger partial charge in [-0.2, -0.15) is 0 Å². The maximum absolute atomic E-state index is 5.86. The lowest BCUT2D eigenvalue weighted by Crippen LogP contribution is -2.45. The first-order valence-electron chi connectivity index (χ1n) is 6.22. The van der Waals surface area contributed by atoms with Gasteiger partial charge in [0.15, 0.2) is 0 Å². The number of hydrogen-bond donors (Lipinski definition) is 1. The minimum atomic E-state index is 0.570. The lowest BCUT2D eigenvalue weighted by Gasteiger charge is -2.35. The maximum atomic E-state index is 5.86. The summed E-state index contributed by atoms with van der Waals surface area (Å²) in [7, 11) is 2.17. The Balaban J connectivity index is 2.30. The number of aryl methyl sites for hydroxylation is 2. The van der Waals surface area contributed by atoms with E-state index in [0.29, 0.717) is 6.54 Å². The van der Waals surface area contributed by atoms with Crippen molar-refractivity contribution in [1.29, 1.82) is 0 Å². The van der Waals surface area contributed by atoms with Crippen molar-refractivity contribution in [2.75, 3.05) is 38.1 Å². The molecule has 0 unspecified atom stereocenters. The van der Waals surface area contributed by atoms with E-state index in [4.69, 9.17) is 5.73 Å². The summed E-state index contributed by atoms with van der Waals surface area (Å²) in [6, 6.07) is 2.17. The number of rotatable bonds is 2. The quantitative estimate of drug-likeness (QED) is 0.826. The third-order valence-electron chi connectivity index (χ3n) is 3.48. The van der Waals surface area contributed by atoms with E-state index in [9.17, 15) is 0 Å². The average Bonchev–Trinajstić information content (AvgIpc) is 2.29. The van der Waals surface area contributed by atoms with Gasteiger partial charge in [-0.25, -0.2) is 0 Å². The molecule has 2 N–H and O–H groups in total. The molecule has 17 heavy (non-hydrogen) atoms. The predicted molar refractivity (Wildman–Crippen MR) is 71.3 cm³/mol. The molecule has 2 heterocycles. The molecule has 0 aromatic carbocycles. The topological polar surface area (TPSA) is 45.4 Å². The fourth-order valence-electron chi connectivity index (χ4n) is 2.42. The Bertz CT molecular complexity index is 395. The molecule has 1 aromatic rings. The zero-order chi connectivity index (χ0) is 12.4. The molecule has 0 radical (unpaired) electrons. The van der Waals surface area contributed by atoms with Gasteiger partial charge in [0.1, 0.15) is 0 Å². The molecule has 0 aliphatic carbocycles. The van der Waals surface area contributed by atoms with Crippen LogP contribution >= 0.6 is 0 Å². The van der Waals surface area contributed by atoms with Crippen LogP contribution in [0.4, 0.5) is 5.69 Å². The molecular formula is C13H22N4. The summed E-state index contributed by atoms with van der Waals surface area (Å²) in [5.41, 5.74) is 10.5. The van der Waals surface area contributed by atoms with Crippen molar-refractivity contribution in [2.24, 2.45) is 5.73 Å². The molecule has 94 valence electrons. The lowest BCUT2D eigenvalue weighted by atomic mass is 10.1. The van der Waals surface area contributed by atoms with Crippen LogP contribution in [0.1, 0.15) is 17.0 Å². The lowest BCUT2D eigenvalue weighted by molar-refractivity contribution is 0.312. The fraction of sp³-hybridized carbons (Fsp3) is 0.615. The second kappa shape index (κ2) is 5.02. The smallest absolute Gasteiger partial charge is 0.0449 e. The number of piperazine rings is 1. The number of nitrogens with zero attached hydrogens (tertiary/aromatic N) is 3. The predicted octanol–water partition coefficient (Wildman–Crippen LogP) is 0.909. The highest BCUT2D eigenvalue weighted by molar-refractivity contribution is 5.56. The van der Waals surface area contributed by atoms with Gasteiger partial charge >= 0.3 is 0 Å². The Labute approximate surface area is 103 Å². The van der Waals surface area contributed by atoms with Gasteiger partial charge in [-0.05, 0) is 27.0 Å². The van der Waals surface area contributed by atoms with E-state index < -0.39 is 0 Å². The molecule has 1 saturated heterocycles. The van der Waals surface area contributed by atoms with Crippen LogP contribution in [0.15, 0.2) is 6.07 Å². The fourth-order valence-corrected chi connectivity index (χ4v) is 2.42. The van der Waals surface area contributed by atoms with Crippen LogP contribution in [-0.4, -0.2) is 43.1 Å². The third kappa shape index (κ3) is 2.58. The van der Waals surface area contributed by atoms with E-state index in [-0.39, 0.29) is 0 Å². The first kappa shape index (κ1) is 12.3. The van der Waals surface area contributed by atoms with E-state index in [1.165, 1.54) is 11.3 Å². The number of anilines is 1. The minimum Gasteiger partial charge on any atom is -0.369 e. The summed E-state index contributed by atoms with van der Waals surface area (Å²) in [6.07, 6.45) is 0. The van der Waals surface area contributed by atoms with Gasteiger partial charge in [-0.1, -0.05) is 0 Å². The van der Waals surface area contributed by atoms with Crippen LogP contribution in [0, 0.1) is 13.8 Å². The highest BCUT2D eigenvalue weighted by Gasteiger charge is 2.18. The summed E-state index contributed by atoms with van der Waals surface area (Å²) in [4.78, 5) is 9.29. The molecule has 1 aliphatic heterocycles. The maximum Gasteiger partial charge on any atom is 0.0449 e. The van der Waals surface area contributed by atoms with Crippen molar-refractivity contribution in [1.82, 2.24) is 9.88 Å². The number of likely N-dealkylation sites (N-methyl/N-ethyl adjacent to an activating group) is 1. The Hall–Kier alpha value is -1.13. The SMILES string of the molecule is Cc1cc(N2CCN(C)CC2)c(CN)c(C)n1. The molecule has 4 nitrogen and oxygen atoms in total. The second-order valence-electron chi connectivity index (χ2n) is 4.84. The van der Waals surface area contributed by atoms with E-state index in [0.717, 1.165) is 37.6 Å². The van der Waals surface area contributed by atoms with Crippen LogP contribution in [0.3, 0.4) is 0 Å². The summed E-state index contributed by atoms with van der Waals surface area (Å²) in [5.74, 6) is 0. The van der Waals surface area contributed by atoms with Crippen LogP contribution in [0.25, 0.3) is 0 Å². The Kier molecular flexibility index (Phi) is 3.64. The van der Waals surface area contributed by atoms with Gasteiger partial charge in [0, 0.05) is 55.4 Å². The number of hydrogen-bond acceptors (Lipinski definition) is 4. The van der Waals surface area contributed by atoms with Crippen molar-refractivity contribution in [3.05, 3.63) is 23.0 Å². The van der Waals surface area contributed by atoms with Gasteiger partial charge in [-0.3, -0.25) is 4.98 Å². The zero-order valence-electron chi connectivity index (χ0n) is 11.0. The molecule has 1 fully saturated rings. The summed E-state index contributed by atoms with van der Waals surface area (Å²) < 4.78 is 0. The average molecular weight is 234 g/mol. The first-order valence-corrected chi connectivity index (χ1v) is 6.22. The van der Waals surface area contributed by atoms with Gasteiger partial charge in [0.25, 0.3) is 0 Å². The van der Waals surface area contributed by atoms with Crippen molar-refractivity contribution < 1.29 is 0 Å². The number of aromatic nitrogens is 1. The van der Waals surface area contributed by atoms with Crippen molar-refractivity contribution >= 4 is 5.69 Å². The van der Waals surface area contributed by atoms with Crippen LogP contribution in [-0.2, 0) is 6.54 Å². The van der Waals surface area contributed by atoms with Gasteiger partial charge in [-0.15, -0.1) is 0 Å². The monoisotopic (exact) mass is 234 g/mol. The highest BCUT2D eigenvalue weighted by Crippen LogP contribution is 2.24. The van der Waals surface area contributed by atoms with Crippen LogP contribution in [0.5, 0.6) is 0 Å². The van der Waals surface area contributed by atoms with Crippen LogP contribution < -0.4 is 10.6 Å². The normalized spacial score (nSPS) is 17.5. The Morgan fingerprint density at radius 2 is 1.88 bits per heavy atom. The zero-order valence-corrected chi connectivity index (χ0v) is 11.0. The minimum absolute atomic E-state index is 0.570. The highest BCUT2D eigenvalue weighted by atomic mass is 15.2. The molecule has 0 saturated carbocycles. The van der Waals surface area contributed by atoms with Crippen molar-refractivity contribution in [2.45, 2.75) is 20.4 Å². The molecular weight excluding hydrogens is 212 g/mol. The molecule has 0 atom stereocenters. The van der Waals surface area contributed by atoms with Gasteiger partial charge in [0.2, 0.25) is 0 Å². The van der Waals surface area contributed by atoms with E-state index in [1.807, 2.05) is 6.92 Å². The van der Waals surface area contributed by atoms with Crippen LogP contribution in [0.2, 0.25) is 0 Å². The molecule has 0 bridgehead atoms. The summed E-state index contributed by atoms with van der Waals surface area (Å²) in [5, 5.41) is 0. The van der Waals surface area contributed by atoms with Crippen molar-refractivity contribution in [3.63, 3.8) is 0 Å². The van der Waals surface area contributed by atoms with Gasteiger partial charge < -0.3 is 15.5 Å². The molecule has 1 aromatic heterocycles. The Morgan fingerprint density at radius 1 is 1.24 bits per heavy atom. The standard InChI is InChI=1S/C13H22N4/c1-10-8-13(12(9-14)11(2)15-10)17-6-4-16(3)5-7-17/h8H,4-7,9,14H2,1-3H3. The van der Waals surface area contributed by atoms with E-state index in [2.05, 4.69) is 34.8 Å². The molecule has 1 aliphatic rings. The largest absolute Gasteiger partial charge is 0.369 e. The number of nitrogens with two attached hydrogens (primary N) is 1. The van der Waals surface area contributed by atoms with Crippen molar-refractivity contribution in [3.8, 4) is 0 Å². The first-order chi connectivity index (χ1) is 8.11. The third-order valence-corrected chi connectivity index (χ3v) is 3.48. The molecule has 0 spiro atoms. The Morgan fingerprint density at radius 3 is 2.47 bits per heavy atom. The summed E-state index contributed by atoms with van der Waals surface area (Å²) >= 11 is 0. The van der Waals surface area contributed by atoms with E-state index in [1.54, 1.807) is 0 Å². The molecule has 4 heteroatoms. The van der Waals surface area contributed by atoms with E-state index >= 15 is 0 Å².